The summed E-state index contributed by atoms with van der Waals surface area (Å²) in [5.41, 5.74) is 4.29. The number of carbonyl (C=O) groups is 2. The molecule has 0 unspecified atom stereocenters. The maximum Gasteiger partial charge on any atom is 0.267 e. The van der Waals surface area contributed by atoms with Crippen LogP contribution in [0.4, 0.5) is 5.95 Å². The monoisotopic (exact) mass is 560 g/mol. The van der Waals surface area contributed by atoms with Gasteiger partial charge in [-0.25, -0.2) is 18.1 Å². The Morgan fingerprint density at radius 2 is 1.65 bits per heavy atom. The number of carbonyl (C=O) groups excluding carboxylic acids is 2. The lowest BCUT2D eigenvalue weighted by Crippen LogP contribution is -2.56. The lowest BCUT2D eigenvalue weighted by atomic mass is 10.00. The number of benzene rings is 2. The lowest BCUT2D eigenvalue weighted by molar-refractivity contribution is 0.0160. The van der Waals surface area contributed by atoms with Crippen LogP contribution in [0.1, 0.15) is 38.8 Å². The SMILES string of the molecule is CC(=O)c1ccc(C(=O)N2CC(Oc3cc(-c4c(C)cccc4C)nc(NS(=O)(=O)c4cnn(C)c4)n3)C2)cc1. The summed E-state index contributed by atoms with van der Waals surface area (Å²) < 4.78 is 35.8. The van der Waals surface area contributed by atoms with Crippen LogP contribution in [0.2, 0.25) is 0 Å². The second-order valence-corrected chi connectivity index (χ2v) is 11.4. The number of hydrogen-bond donors (Lipinski definition) is 1. The number of aromatic nitrogens is 4. The van der Waals surface area contributed by atoms with Crippen molar-refractivity contribution in [3.63, 3.8) is 0 Å². The van der Waals surface area contributed by atoms with E-state index in [4.69, 9.17) is 4.74 Å². The minimum Gasteiger partial charge on any atom is -0.470 e. The molecule has 0 aliphatic carbocycles. The number of nitrogens with one attached hydrogen (secondary N) is 1. The van der Waals surface area contributed by atoms with Crippen molar-refractivity contribution in [3.05, 3.63) is 83.2 Å². The van der Waals surface area contributed by atoms with Crippen LogP contribution in [0, 0.1) is 13.8 Å². The molecule has 5 rings (SSSR count). The van der Waals surface area contributed by atoms with E-state index in [9.17, 15) is 18.0 Å². The Morgan fingerprint density at radius 3 is 2.25 bits per heavy atom. The van der Waals surface area contributed by atoms with Gasteiger partial charge in [0.05, 0.1) is 25.0 Å². The number of sulfonamides is 1. The van der Waals surface area contributed by atoms with Crippen LogP contribution >= 0.6 is 0 Å². The van der Waals surface area contributed by atoms with Gasteiger partial charge in [0.15, 0.2) is 5.78 Å². The van der Waals surface area contributed by atoms with Crippen LogP contribution in [0.5, 0.6) is 5.88 Å². The first-order valence-electron chi connectivity index (χ1n) is 12.5. The second-order valence-electron chi connectivity index (χ2n) is 9.72. The number of ether oxygens (including phenoxy) is 1. The molecule has 2 aromatic carbocycles. The number of likely N-dealkylation sites (tertiary alicyclic amines) is 1. The van der Waals surface area contributed by atoms with Gasteiger partial charge >= 0.3 is 0 Å². The van der Waals surface area contributed by atoms with E-state index in [2.05, 4.69) is 19.8 Å². The summed E-state index contributed by atoms with van der Waals surface area (Å²) in [5.74, 6) is -0.196. The Balaban J connectivity index is 1.37. The molecule has 1 amide bonds. The van der Waals surface area contributed by atoms with Gasteiger partial charge < -0.3 is 9.64 Å². The third-order valence-electron chi connectivity index (χ3n) is 6.62. The normalized spacial score (nSPS) is 13.6. The topological polar surface area (TPSA) is 136 Å². The highest BCUT2D eigenvalue weighted by atomic mass is 32.2. The molecule has 0 bridgehead atoms. The zero-order valence-electron chi connectivity index (χ0n) is 22.5. The average Bonchev–Trinajstić information content (AvgIpc) is 3.32. The number of nitrogens with zero attached hydrogens (tertiary/aromatic N) is 5. The van der Waals surface area contributed by atoms with Crippen molar-refractivity contribution >= 4 is 27.7 Å². The largest absolute Gasteiger partial charge is 0.470 e. The van der Waals surface area contributed by atoms with Gasteiger partial charge in [0.2, 0.25) is 11.8 Å². The number of rotatable bonds is 8. The Labute approximate surface area is 231 Å². The Kier molecular flexibility index (Phi) is 7.11. The highest BCUT2D eigenvalue weighted by molar-refractivity contribution is 7.92. The molecule has 12 heteroatoms. The van der Waals surface area contributed by atoms with E-state index >= 15 is 0 Å². The summed E-state index contributed by atoms with van der Waals surface area (Å²) >= 11 is 0. The van der Waals surface area contributed by atoms with Gasteiger partial charge in [-0.15, -0.1) is 0 Å². The summed E-state index contributed by atoms with van der Waals surface area (Å²) in [5, 5.41) is 3.93. The first-order valence-corrected chi connectivity index (χ1v) is 14.0. The van der Waals surface area contributed by atoms with Gasteiger partial charge in [-0.1, -0.05) is 30.3 Å². The van der Waals surface area contributed by atoms with Crippen molar-refractivity contribution in [2.45, 2.75) is 31.8 Å². The highest BCUT2D eigenvalue weighted by Crippen LogP contribution is 2.30. The molecule has 0 atom stereocenters. The van der Waals surface area contributed by atoms with Crippen LogP contribution in [0.3, 0.4) is 0 Å². The van der Waals surface area contributed by atoms with Gasteiger partial charge in [-0.2, -0.15) is 10.1 Å². The molecule has 4 aromatic rings. The summed E-state index contributed by atoms with van der Waals surface area (Å²) in [6.45, 7) is 6.02. The molecule has 1 fully saturated rings. The molecule has 0 radical (unpaired) electrons. The summed E-state index contributed by atoms with van der Waals surface area (Å²) in [7, 11) is -2.37. The third-order valence-corrected chi connectivity index (χ3v) is 7.90. The number of aryl methyl sites for hydroxylation is 3. The minimum atomic E-state index is -4.00. The summed E-state index contributed by atoms with van der Waals surface area (Å²) in [4.78, 5) is 34.8. The fourth-order valence-corrected chi connectivity index (χ4v) is 5.40. The molecule has 1 saturated heterocycles. The van der Waals surface area contributed by atoms with Crippen molar-refractivity contribution < 1.29 is 22.7 Å². The Hall–Kier alpha value is -4.58. The van der Waals surface area contributed by atoms with Crippen molar-refractivity contribution in [1.29, 1.82) is 0 Å². The summed E-state index contributed by atoms with van der Waals surface area (Å²) in [6.07, 6.45) is 2.27. The molecule has 1 N–H and O–H groups in total. The maximum atomic E-state index is 13.0. The minimum absolute atomic E-state index is 0.0250. The molecule has 40 heavy (non-hydrogen) atoms. The van der Waals surface area contributed by atoms with Crippen molar-refractivity contribution in [1.82, 2.24) is 24.6 Å². The van der Waals surface area contributed by atoms with Gasteiger partial charge in [0.1, 0.15) is 11.0 Å². The number of ketones is 1. The average molecular weight is 561 g/mol. The molecule has 1 aliphatic rings. The number of Topliss-reactive ketones (excluding diaryl/α,β-unsaturated/α-hetero) is 1. The van der Waals surface area contributed by atoms with E-state index in [1.807, 2.05) is 32.0 Å². The highest BCUT2D eigenvalue weighted by Gasteiger charge is 2.33. The molecular formula is C28H28N6O5S. The second kappa shape index (κ2) is 10.5. The molecular weight excluding hydrogens is 532 g/mol. The predicted molar refractivity (Wildman–Crippen MR) is 148 cm³/mol. The smallest absolute Gasteiger partial charge is 0.267 e. The quantitative estimate of drug-likeness (QED) is 0.324. The van der Waals surface area contributed by atoms with E-state index in [1.54, 1.807) is 42.3 Å². The fraction of sp³-hybridized carbons (Fsp3) is 0.250. The Morgan fingerprint density at radius 1 is 1.00 bits per heavy atom. The first kappa shape index (κ1) is 27.0. The number of anilines is 1. The fourth-order valence-electron chi connectivity index (χ4n) is 4.47. The van der Waals surface area contributed by atoms with Crippen molar-refractivity contribution in [2.24, 2.45) is 7.05 Å². The Bertz CT molecular complexity index is 1690. The summed E-state index contributed by atoms with van der Waals surface area (Å²) in [6, 6.07) is 14.0. The molecule has 0 spiro atoms. The lowest BCUT2D eigenvalue weighted by Gasteiger charge is -2.38. The van der Waals surface area contributed by atoms with Gasteiger partial charge in [0.25, 0.3) is 15.9 Å². The van der Waals surface area contributed by atoms with Gasteiger partial charge in [-0.05, 0) is 44.0 Å². The van der Waals surface area contributed by atoms with Crippen molar-refractivity contribution in [3.8, 4) is 17.1 Å². The van der Waals surface area contributed by atoms with E-state index in [0.29, 0.717) is 29.9 Å². The molecule has 206 valence electrons. The first-order chi connectivity index (χ1) is 19.0. The van der Waals surface area contributed by atoms with E-state index in [0.717, 1.165) is 16.7 Å². The van der Waals surface area contributed by atoms with E-state index in [1.165, 1.54) is 24.0 Å². The number of hydrogen-bond acceptors (Lipinski definition) is 8. The van der Waals surface area contributed by atoms with Gasteiger partial charge in [-0.3, -0.25) is 14.3 Å². The van der Waals surface area contributed by atoms with Crippen molar-refractivity contribution in [2.75, 3.05) is 17.8 Å². The standard InChI is InChI=1S/C28H28N6O5S/c1-17-6-5-7-18(2)26(17)24-12-25(31-28(30-24)32-40(37,38)23-13-29-33(4)16-23)39-22-14-34(15-22)27(36)21-10-8-20(9-11-21)19(3)35/h5-13,16,22H,14-15H2,1-4H3,(H,30,31,32). The van der Waals surface area contributed by atoms with Crippen LogP contribution in [0.25, 0.3) is 11.3 Å². The van der Waals surface area contributed by atoms with Gasteiger partial charge in [0, 0.05) is 36.0 Å². The van der Waals surface area contributed by atoms with E-state index in [-0.39, 0.29) is 34.5 Å². The van der Waals surface area contributed by atoms with Crippen LogP contribution in [-0.4, -0.2) is 64.0 Å². The predicted octanol–water partition coefficient (Wildman–Crippen LogP) is 3.40. The van der Waals surface area contributed by atoms with Crippen LogP contribution in [-0.2, 0) is 17.1 Å². The zero-order valence-corrected chi connectivity index (χ0v) is 23.3. The maximum absolute atomic E-state index is 13.0. The number of amides is 1. The molecule has 3 heterocycles. The van der Waals surface area contributed by atoms with Crippen LogP contribution in [0.15, 0.2) is 65.8 Å². The molecule has 11 nitrogen and oxygen atoms in total. The van der Waals surface area contributed by atoms with E-state index < -0.39 is 10.0 Å². The molecule has 1 aliphatic heterocycles. The van der Waals surface area contributed by atoms with Crippen LogP contribution < -0.4 is 9.46 Å². The third kappa shape index (κ3) is 5.57. The zero-order chi connectivity index (χ0) is 28.6. The molecule has 0 saturated carbocycles. The molecule has 2 aromatic heterocycles.